The molecule has 1 aliphatic carbocycles. The van der Waals surface area contributed by atoms with E-state index in [4.69, 9.17) is 0 Å². The fraction of sp³-hybridized carbons (Fsp3) is 0.714. The third-order valence-corrected chi connectivity index (χ3v) is 9.19. The van der Waals surface area contributed by atoms with Crippen LogP contribution in [0.25, 0.3) is 11.0 Å². The summed E-state index contributed by atoms with van der Waals surface area (Å²) in [4.78, 5) is 14.1. The predicted molar refractivity (Wildman–Crippen MR) is 118 cm³/mol. The summed E-state index contributed by atoms with van der Waals surface area (Å²) in [7, 11) is -1.21. The molecule has 4 rings (SSSR count). The normalized spacial score (nSPS) is 28.6. The summed E-state index contributed by atoms with van der Waals surface area (Å²) in [6, 6.07) is 2.35. The van der Waals surface area contributed by atoms with Crippen molar-refractivity contribution in [3.05, 3.63) is 18.6 Å². The lowest BCUT2D eigenvalue weighted by atomic mass is 9.86. The molecule has 0 radical (unpaired) electrons. The van der Waals surface area contributed by atoms with Crippen molar-refractivity contribution < 1.29 is 13.5 Å². The van der Waals surface area contributed by atoms with Gasteiger partial charge in [-0.05, 0) is 55.9 Å². The molecule has 0 spiro atoms. The van der Waals surface area contributed by atoms with E-state index in [2.05, 4.69) is 33.8 Å². The first kappa shape index (κ1) is 21.5. The highest BCUT2D eigenvalue weighted by Crippen LogP contribution is 2.33. The van der Waals surface area contributed by atoms with Crippen LogP contribution in [0.4, 0.5) is 5.82 Å². The molecule has 2 atom stereocenters. The van der Waals surface area contributed by atoms with E-state index < -0.39 is 10.0 Å². The lowest BCUT2D eigenvalue weighted by Crippen LogP contribution is -2.46. The molecule has 2 N–H and O–H groups in total. The molecule has 1 saturated carbocycles. The monoisotopic (exact) mass is 435 g/mol. The number of rotatable bonds is 6. The molecule has 166 valence electrons. The van der Waals surface area contributed by atoms with Gasteiger partial charge in [0.15, 0.2) is 0 Å². The van der Waals surface area contributed by atoms with E-state index in [1.807, 2.05) is 12.3 Å². The Morgan fingerprint density at radius 3 is 2.73 bits per heavy atom. The van der Waals surface area contributed by atoms with Crippen LogP contribution in [0.5, 0.6) is 0 Å². The zero-order valence-corrected chi connectivity index (χ0v) is 18.7. The summed E-state index contributed by atoms with van der Waals surface area (Å²) < 4.78 is 27.6. The highest BCUT2D eigenvalue weighted by Gasteiger charge is 2.35. The quantitative estimate of drug-likeness (QED) is 0.721. The van der Waals surface area contributed by atoms with Crippen LogP contribution in [-0.4, -0.2) is 71.3 Å². The number of aromatic nitrogens is 3. The van der Waals surface area contributed by atoms with Crippen LogP contribution >= 0.6 is 0 Å². The van der Waals surface area contributed by atoms with Crippen LogP contribution < -0.4 is 4.90 Å². The maximum atomic E-state index is 13.0. The molecule has 2 aromatic heterocycles. The van der Waals surface area contributed by atoms with Crippen molar-refractivity contribution in [3.8, 4) is 0 Å². The first-order valence-corrected chi connectivity index (χ1v) is 12.6. The molecule has 3 heterocycles. The Kier molecular flexibility index (Phi) is 6.31. The lowest BCUT2D eigenvalue weighted by Gasteiger charge is -2.38. The zero-order chi connectivity index (χ0) is 21.3. The largest absolute Gasteiger partial charge is 0.396 e. The number of anilines is 1. The fourth-order valence-corrected chi connectivity index (χ4v) is 6.96. The molecule has 2 fully saturated rings. The average molecular weight is 436 g/mol. The number of nitrogens with one attached hydrogen (secondary N) is 1. The average Bonchev–Trinajstić information content (AvgIpc) is 3.22. The number of aliphatic hydroxyl groups excluding tert-OH is 1. The summed E-state index contributed by atoms with van der Waals surface area (Å²) in [5.74, 6) is 1.78. The van der Waals surface area contributed by atoms with Gasteiger partial charge in [-0.2, -0.15) is 0 Å². The predicted octanol–water partition coefficient (Wildman–Crippen LogP) is 2.23. The first-order valence-electron chi connectivity index (χ1n) is 11.0. The molecule has 2 aromatic rings. The molecule has 9 heteroatoms. The Bertz CT molecular complexity index is 954. The van der Waals surface area contributed by atoms with E-state index in [1.54, 1.807) is 10.6 Å². The molecular formula is C21H33N5O3S. The number of H-pyrrole nitrogens is 1. The van der Waals surface area contributed by atoms with Gasteiger partial charge in [-0.3, -0.25) is 0 Å². The van der Waals surface area contributed by atoms with Crippen LogP contribution in [0.1, 0.15) is 39.0 Å². The van der Waals surface area contributed by atoms with E-state index in [9.17, 15) is 13.5 Å². The van der Waals surface area contributed by atoms with Gasteiger partial charge in [0.2, 0.25) is 10.0 Å². The highest BCUT2D eigenvalue weighted by molar-refractivity contribution is 7.89. The van der Waals surface area contributed by atoms with Crippen LogP contribution in [0, 0.1) is 17.8 Å². The van der Waals surface area contributed by atoms with Gasteiger partial charge in [-0.25, -0.2) is 22.7 Å². The minimum atomic E-state index is -3.28. The number of hydrogen-bond acceptors (Lipinski definition) is 6. The summed E-state index contributed by atoms with van der Waals surface area (Å²) >= 11 is 0. The van der Waals surface area contributed by atoms with Crippen LogP contribution in [0.15, 0.2) is 18.6 Å². The number of aromatic amines is 1. The summed E-state index contributed by atoms with van der Waals surface area (Å²) in [5, 5.41) is 10.6. The Balaban J connectivity index is 1.35. The van der Waals surface area contributed by atoms with Gasteiger partial charge < -0.3 is 15.0 Å². The fourth-order valence-electron chi connectivity index (χ4n) is 5.02. The van der Waals surface area contributed by atoms with Gasteiger partial charge in [0.1, 0.15) is 17.8 Å². The van der Waals surface area contributed by atoms with Crippen molar-refractivity contribution in [3.63, 3.8) is 0 Å². The molecule has 2 aliphatic rings. The standard InChI is InChI=1S/C21H33N5O3S/c1-15-8-10-26(11-17(15)12-27)30(28,29)13-16-3-5-18(6-4-16)25(2)21-19-7-9-22-20(19)23-14-24-21/h7,9,14-18,27H,3-6,8,10-13H2,1-2H3,(H,22,23,24)/t15-,16?,17-,18?/m1/s1. The molecule has 8 nitrogen and oxygen atoms in total. The van der Waals surface area contributed by atoms with Crippen molar-refractivity contribution in [2.45, 2.75) is 45.1 Å². The summed E-state index contributed by atoms with van der Waals surface area (Å²) in [6.45, 7) is 3.19. The molecule has 1 aliphatic heterocycles. The second kappa shape index (κ2) is 8.80. The zero-order valence-electron chi connectivity index (χ0n) is 17.9. The highest BCUT2D eigenvalue weighted by atomic mass is 32.2. The smallest absolute Gasteiger partial charge is 0.214 e. The third kappa shape index (κ3) is 4.33. The van der Waals surface area contributed by atoms with E-state index in [0.29, 0.717) is 25.0 Å². The van der Waals surface area contributed by atoms with Crippen LogP contribution in [0.3, 0.4) is 0 Å². The van der Waals surface area contributed by atoms with E-state index >= 15 is 0 Å². The Morgan fingerprint density at radius 2 is 2.00 bits per heavy atom. The molecule has 30 heavy (non-hydrogen) atoms. The molecular weight excluding hydrogens is 402 g/mol. The Hall–Kier alpha value is -1.71. The number of nitrogens with zero attached hydrogens (tertiary/aromatic N) is 4. The van der Waals surface area contributed by atoms with E-state index in [1.165, 1.54) is 0 Å². The molecule has 0 bridgehead atoms. The van der Waals surface area contributed by atoms with Crippen molar-refractivity contribution in [1.29, 1.82) is 0 Å². The second-order valence-corrected chi connectivity index (χ2v) is 11.1. The minimum absolute atomic E-state index is 0.0519. The maximum Gasteiger partial charge on any atom is 0.214 e. The van der Waals surface area contributed by atoms with E-state index in [0.717, 1.165) is 49.0 Å². The first-order chi connectivity index (χ1) is 14.4. The number of hydrogen-bond donors (Lipinski definition) is 2. The van der Waals surface area contributed by atoms with Gasteiger partial charge in [0.25, 0.3) is 0 Å². The number of sulfonamides is 1. The number of aliphatic hydroxyl groups is 1. The Morgan fingerprint density at radius 1 is 1.23 bits per heavy atom. The third-order valence-electron chi connectivity index (χ3n) is 7.18. The van der Waals surface area contributed by atoms with Crippen molar-refractivity contribution in [2.75, 3.05) is 37.4 Å². The topological polar surface area (TPSA) is 102 Å². The van der Waals surface area contributed by atoms with Crippen molar-refractivity contribution in [2.24, 2.45) is 17.8 Å². The van der Waals surface area contributed by atoms with Gasteiger partial charge in [0, 0.05) is 39.0 Å². The Labute approximate surface area is 178 Å². The lowest BCUT2D eigenvalue weighted by molar-refractivity contribution is 0.120. The second-order valence-electron chi connectivity index (χ2n) is 9.07. The molecule has 0 unspecified atom stereocenters. The van der Waals surface area contributed by atoms with E-state index in [-0.39, 0.29) is 24.2 Å². The summed E-state index contributed by atoms with van der Waals surface area (Å²) in [6.07, 6.45) is 8.02. The van der Waals surface area contributed by atoms with Crippen LogP contribution in [0.2, 0.25) is 0 Å². The molecule has 1 saturated heterocycles. The number of piperidine rings is 1. The van der Waals surface area contributed by atoms with Gasteiger partial charge >= 0.3 is 0 Å². The minimum Gasteiger partial charge on any atom is -0.396 e. The maximum absolute atomic E-state index is 13.0. The van der Waals surface area contributed by atoms with Crippen molar-refractivity contribution >= 4 is 26.9 Å². The van der Waals surface area contributed by atoms with Crippen LogP contribution in [-0.2, 0) is 10.0 Å². The number of fused-ring (bicyclic) bond motifs is 1. The van der Waals surface area contributed by atoms with Crippen molar-refractivity contribution in [1.82, 2.24) is 19.3 Å². The molecule has 0 amide bonds. The van der Waals surface area contributed by atoms with Gasteiger partial charge in [-0.1, -0.05) is 6.92 Å². The van der Waals surface area contributed by atoms with Gasteiger partial charge in [-0.15, -0.1) is 0 Å². The SMILES string of the molecule is C[C@@H]1CCN(S(=O)(=O)CC2CCC(N(C)c3ncnc4[nH]ccc34)CC2)C[C@@H]1CO. The van der Waals surface area contributed by atoms with Gasteiger partial charge in [0.05, 0.1) is 11.1 Å². The molecule has 0 aromatic carbocycles. The summed E-state index contributed by atoms with van der Waals surface area (Å²) in [5.41, 5.74) is 0.837.